The van der Waals surface area contributed by atoms with Crippen molar-refractivity contribution in [2.45, 2.75) is 36.4 Å². The molecule has 4 aliphatic rings. The normalized spacial score (nSPS) is 26.5. The van der Waals surface area contributed by atoms with E-state index in [1.54, 1.807) is 28.9 Å². The summed E-state index contributed by atoms with van der Waals surface area (Å²) in [7, 11) is 0. The molecule has 12 heteroatoms. The molecule has 2 aromatic heterocycles. The minimum atomic E-state index is -1.31. The maximum Gasteiger partial charge on any atom is 0.337 e. The molecule has 208 valence electrons. The molecule has 0 unspecified atom stereocenters. The van der Waals surface area contributed by atoms with Crippen LogP contribution in [0.3, 0.4) is 0 Å². The fourth-order valence-corrected chi connectivity index (χ4v) is 7.45. The molecular formula is C29H22Cl2FN5O4. The maximum atomic E-state index is 16.1. The van der Waals surface area contributed by atoms with Crippen LogP contribution in [-0.4, -0.2) is 55.8 Å². The number of carbonyl (C=O) groups is 2. The monoisotopic (exact) mass is 593 g/mol. The number of hydrogen-bond donors (Lipinski definition) is 2. The van der Waals surface area contributed by atoms with Gasteiger partial charge in [0.25, 0.3) is 0 Å². The van der Waals surface area contributed by atoms with Gasteiger partial charge in [-0.15, -0.1) is 5.10 Å². The minimum absolute atomic E-state index is 0.00399. The first-order chi connectivity index (χ1) is 19.8. The van der Waals surface area contributed by atoms with Crippen molar-refractivity contribution in [3.63, 3.8) is 0 Å². The Hall–Kier alpha value is -3.73. The van der Waals surface area contributed by atoms with Crippen LogP contribution in [0.2, 0.25) is 10.0 Å². The van der Waals surface area contributed by atoms with Crippen molar-refractivity contribution in [1.82, 2.24) is 19.7 Å². The quantitative estimate of drug-likeness (QED) is 0.333. The molecule has 5 heterocycles. The van der Waals surface area contributed by atoms with E-state index in [1.807, 2.05) is 6.07 Å². The summed E-state index contributed by atoms with van der Waals surface area (Å²) in [4.78, 5) is 32.6. The molecule has 1 saturated heterocycles. The first-order valence-corrected chi connectivity index (χ1v) is 14.1. The number of rotatable bonds is 4. The first kappa shape index (κ1) is 25.0. The average molecular weight is 594 g/mol. The van der Waals surface area contributed by atoms with E-state index in [0.717, 1.165) is 12.8 Å². The molecule has 0 radical (unpaired) electrons. The molecule has 4 atom stereocenters. The van der Waals surface area contributed by atoms with Gasteiger partial charge in [-0.2, -0.15) is 0 Å². The zero-order chi connectivity index (χ0) is 28.2. The number of carboxylic acid groups (broad SMARTS) is 1. The highest BCUT2D eigenvalue weighted by Crippen LogP contribution is 2.63. The van der Waals surface area contributed by atoms with Crippen molar-refractivity contribution in [2.24, 2.45) is 5.92 Å². The number of amides is 1. The Balaban J connectivity index is 1.43. The zero-order valence-electron chi connectivity index (χ0n) is 21.4. The molecule has 1 aliphatic carbocycles. The summed E-state index contributed by atoms with van der Waals surface area (Å²) in [5, 5.41) is 18.2. The summed E-state index contributed by atoms with van der Waals surface area (Å²) in [5.74, 6) is -2.06. The number of ether oxygens (including phenoxy) is 1. The van der Waals surface area contributed by atoms with Gasteiger partial charge in [-0.25, -0.2) is 18.9 Å². The number of aromatic nitrogens is 3. The summed E-state index contributed by atoms with van der Waals surface area (Å²) >= 11 is 12.7. The first-order valence-electron chi connectivity index (χ1n) is 13.4. The van der Waals surface area contributed by atoms with Crippen LogP contribution in [0.15, 0.2) is 48.7 Å². The Bertz CT molecular complexity index is 1810. The van der Waals surface area contributed by atoms with Gasteiger partial charge in [0.05, 0.1) is 28.1 Å². The van der Waals surface area contributed by atoms with Gasteiger partial charge in [-0.1, -0.05) is 41.4 Å². The Morgan fingerprint density at radius 3 is 2.83 bits per heavy atom. The van der Waals surface area contributed by atoms with Crippen LogP contribution < -0.4 is 10.1 Å². The van der Waals surface area contributed by atoms with Gasteiger partial charge in [0.2, 0.25) is 11.8 Å². The lowest BCUT2D eigenvalue weighted by Gasteiger charge is -2.39. The van der Waals surface area contributed by atoms with Gasteiger partial charge in [0.15, 0.2) is 5.65 Å². The number of hydrogen-bond acceptors (Lipinski definition) is 6. The predicted octanol–water partition coefficient (Wildman–Crippen LogP) is 5.23. The Morgan fingerprint density at radius 1 is 1.22 bits per heavy atom. The summed E-state index contributed by atoms with van der Waals surface area (Å²) < 4.78 is 24.1. The highest BCUT2D eigenvalue weighted by molar-refractivity contribution is 6.31. The number of benzene rings is 2. The van der Waals surface area contributed by atoms with Crippen molar-refractivity contribution in [2.75, 3.05) is 18.5 Å². The number of halogens is 3. The van der Waals surface area contributed by atoms with E-state index in [2.05, 4.69) is 15.2 Å². The second kappa shape index (κ2) is 8.64. The lowest BCUT2D eigenvalue weighted by atomic mass is 9.73. The van der Waals surface area contributed by atoms with Gasteiger partial charge in [-0.05, 0) is 48.6 Å². The van der Waals surface area contributed by atoms with E-state index in [-0.39, 0.29) is 34.7 Å². The van der Waals surface area contributed by atoms with Crippen LogP contribution in [0.4, 0.5) is 10.1 Å². The number of nitrogens with one attached hydrogen (secondary N) is 1. The van der Waals surface area contributed by atoms with Crippen LogP contribution in [0.25, 0.3) is 11.0 Å². The SMILES string of the molecule is O=C(O)c1cnc2nn3c(c2c1)OC[C@@H]1[C@H]3[C@@H](c2cccc(Cl)c2F)[C@@]2(C(=O)Nc3cc(Cl)ccc32)N1CC1CC1. The minimum Gasteiger partial charge on any atom is -0.478 e. The summed E-state index contributed by atoms with van der Waals surface area (Å²) in [6, 6.07) is 10.7. The van der Waals surface area contributed by atoms with E-state index in [0.29, 0.717) is 45.6 Å². The summed E-state index contributed by atoms with van der Waals surface area (Å²) in [6.45, 7) is 0.794. The van der Waals surface area contributed by atoms with Gasteiger partial charge in [0, 0.05) is 34.9 Å². The Labute approximate surface area is 242 Å². The van der Waals surface area contributed by atoms with E-state index in [9.17, 15) is 14.7 Å². The maximum absolute atomic E-state index is 16.1. The number of aromatic carboxylic acids is 1. The lowest BCUT2D eigenvalue weighted by molar-refractivity contribution is -0.128. The highest BCUT2D eigenvalue weighted by Gasteiger charge is 2.69. The Morgan fingerprint density at radius 2 is 2.05 bits per heavy atom. The second-order valence-electron chi connectivity index (χ2n) is 11.1. The molecule has 4 aromatic rings. The molecule has 9 nitrogen and oxygen atoms in total. The largest absolute Gasteiger partial charge is 0.478 e. The summed E-state index contributed by atoms with van der Waals surface area (Å²) in [6.07, 6.45) is 3.32. The molecular weight excluding hydrogens is 572 g/mol. The topological polar surface area (TPSA) is 110 Å². The van der Waals surface area contributed by atoms with E-state index in [4.69, 9.17) is 33.0 Å². The van der Waals surface area contributed by atoms with Gasteiger partial charge in [0.1, 0.15) is 18.0 Å². The molecule has 1 spiro atoms. The molecule has 3 aliphatic heterocycles. The smallest absolute Gasteiger partial charge is 0.337 e. The number of likely N-dealkylation sites (tertiary alicyclic amines) is 1. The number of carbonyl (C=O) groups excluding carboxylic acids is 1. The zero-order valence-corrected chi connectivity index (χ0v) is 22.9. The van der Waals surface area contributed by atoms with Gasteiger partial charge >= 0.3 is 5.97 Å². The predicted molar refractivity (Wildman–Crippen MR) is 148 cm³/mol. The molecule has 2 N–H and O–H groups in total. The van der Waals surface area contributed by atoms with Crippen molar-refractivity contribution in [3.05, 3.63) is 81.2 Å². The average Bonchev–Trinajstić information content (AvgIpc) is 3.54. The van der Waals surface area contributed by atoms with Crippen molar-refractivity contribution >= 4 is 51.8 Å². The number of fused-ring (bicyclic) bond motifs is 7. The third kappa shape index (κ3) is 3.38. The third-order valence-electron chi connectivity index (χ3n) is 8.92. The number of pyridine rings is 1. The number of anilines is 1. The van der Waals surface area contributed by atoms with Crippen LogP contribution in [0.1, 0.15) is 46.3 Å². The van der Waals surface area contributed by atoms with Crippen molar-refractivity contribution in [3.8, 4) is 5.88 Å². The van der Waals surface area contributed by atoms with Crippen molar-refractivity contribution < 1.29 is 23.8 Å². The van der Waals surface area contributed by atoms with E-state index in [1.165, 1.54) is 18.3 Å². The summed E-state index contributed by atoms with van der Waals surface area (Å²) in [5.41, 5.74) is 0.552. The highest BCUT2D eigenvalue weighted by atomic mass is 35.5. The second-order valence-corrected chi connectivity index (χ2v) is 12.0. The van der Waals surface area contributed by atoms with E-state index >= 15 is 4.39 Å². The fraction of sp³-hybridized carbons (Fsp3) is 0.310. The third-order valence-corrected chi connectivity index (χ3v) is 9.45. The van der Waals surface area contributed by atoms with Crippen molar-refractivity contribution in [1.29, 1.82) is 0 Å². The Kier molecular flexibility index (Phi) is 5.27. The molecule has 2 aromatic carbocycles. The van der Waals surface area contributed by atoms with Crippen LogP contribution in [0.5, 0.6) is 5.88 Å². The molecule has 0 bridgehead atoms. The van der Waals surface area contributed by atoms with E-state index < -0.39 is 29.3 Å². The number of carboxylic acids is 1. The van der Waals surface area contributed by atoms with Crippen LogP contribution >= 0.6 is 23.2 Å². The molecule has 41 heavy (non-hydrogen) atoms. The number of nitrogens with zero attached hydrogens (tertiary/aromatic N) is 4. The standard InChI is InChI=1S/C29H22Cl2FN5O4/c30-15-6-7-18-20(9-15)34-28(40)29(18)22(16-2-1-3-19(31)23(16)32)24-21(36(29)11-13-4-5-13)12-41-26-17-8-14(27(38)39)10-33-25(17)35-37(24)26/h1-3,6-10,13,21-22,24H,4-5,11-12H2,(H,34,40)(H,38,39)/t21-,22-,24+,29+/m1/s1. The van der Waals surface area contributed by atoms with Gasteiger partial charge < -0.3 is 15.2 Å². The lowest BCUT2D eigenvalue weighted by Crippen LogP contribution is -2.54. The van der Waals surface area contributed by atoms with Crippen LogP contribution in [-0.2, 0) is 10.3 Å². The molecule has 2 fully saturated rings. The molecule has 1 amide bonds. The van der Waals surface area contributed by atoms with Gasteiger partial charge in [-0.3, -0.25) is 9.69 Å². The molecule has 1 saturated carbocycles. The fourth-order valence-electron chi connectivity index (χ4n) is 7.09. The molecule has 8 rings (SSSR count). The van der Waals surface area contributed by atoms with Crippen LogP contribution in [0, 0.1) is 11.7 Å².